The number of aryl methyl sites for hydroxylation is 3. The van der Waals surface area contributed by atoms with E-state index in [1.807, 2.05) is 30.6 Å². The number of hydrogen-bond donors (Lipinski definition) is 1. The third kappa shape index (κ3) is 3.83. The van der Waals surface area contributed by atoms with Gasteiger partial charge in [0.05, 0.1) is 17.8 Å². The zero-order chi connectivity index (χ0) is 24.0. The zero-order valence-electron chi connectivity index (χ0n) is 19.6. The summed E-state index contributed by atoms with van der Waals surface area (Å²) < 4.78 is 3.32. The molecule has 172 valence electrons. The van der Waals surface area contributed by atoms with Crippen molar-refractivity contribution in [3.8, 4) is 5.82 Å². The SMILES string of the molecule is Cc1cc(N2C(=S)NC(c3ccccn3)C2c2cc(C)n(-c3ncccc3C)c2C)ccc1Br. The Morgan fingerprint density at radius 1 is 0.912 bits per heavy atom. The smallest absolute Gasteiger partial charge is 0.174 e. The first-order valence-corrected chi connectivity index (χ1v) is 12.4. The van der Waals surface area contributed by atoms with Crippen LogP contribution in [0.25, 0.3) is 5.82 Å². The number of pyridine rings is 2. The quantitative estimate of drug-likeness (QED) is 0.307. The second-order valence-corrected chi connectivity index (χ2v) is 9.98. The fourth-order valence-corrected chi connectivity index (χ4v) is 5.44. The lowest BCUT2D eigenvalue weighted by Gasteiger charge is -2.28. The van der Waals surface area contributed by atoms with Crippen LogP contribution in [0.3, 0.4) is 0 Å². The van der Waals surface area contributed by atoms with Crippen LogP contribution in [-0.4, -0.2) is 19.6 Å². The van der Waals surface area contributed by atoms with Gasteiger partial charge in [0.15, 0.2) is 5.11 Å². The molecule has 0 saturated carbocycles. The average Bonchev–Trinajstić information content (AvgIpc) is 3.32. The van der Waals surface area contributed by atoms with Gasteiger partial charge in [-0.05, 0) is 99.1 Å². The van der Waals surface area contributed by atoms with Crippen LogP contribution in [0.2, 0.25) is 0 Å². The molecule has 7 heteroatoms. The van der Waals surface area contributed by atoms with Crippen LogP contribution in [0.5, 0.6) is 0 Å². The van der Waals surface area contributed by atoms with Crippen LogP contribution >= 0.6 is 28.1 Å². The summed E-state index contributed by atoms with van der Waals surface area (Å²) in [5.41, 5.74) is 7.80. The molecule has 2 atom stereocenters. The van der Waals surface area contributed by atoms with Gasteiger partial charge in [0.25, 0.3) is 0 Å². The Bertz CT molecular complexity index is 1380. The van der Waals surface area contributed by atoms with Gasteiger partial charge in [-0.15, -0.1) is 0 Å². The van der Waals surface area contributed by atoms with Crippen LogP contribution in [0.15, 0.2) is 71.5 Å². The summed E-state index contributed by atoms with van der Waals surface area (Å²) in [6.07, 6.45) is 3.69. The highest BCUT2D eigenvalue weighted by atomic mass is 79.9. The molecule has 3 aromatic heterocycles. The maximum absolute atomic E-state index is 5.91. The lowest BCUT2D eigenvalue weighted by Crippen LogP contribution is -2.29. The fraction of sp³-hybridized carbons (Fsp3) is 0.222. The van der Waals surface area contributed by atoms with Gasteiger partial charge in [-0.1, -0.05) is 28.1 Å². The van der Waals surface area contributed by atoms with Gasteiger partial charge in [-0.25, -0.2) is 4.98 Å². The number of nitrogens with zero attached hydrogens (tertiary/aromatic N) is 4. The molecular weight excluding hydrogens is 506 g/mol. The molecule has 1 aromatic carbocycles. The largest absolute Gasteiger partial charge is 0.351 e. The topological polar surface area (TPSA) is 46.0 Å². The van der Waals surface area contributed by atoms with Crippen molar-refractivity contribution >= 4 is 38.9 Å². The normalized spacial score (nSPS) is 17.8. The van der Waals surface area contributed by atoms with E-state index in [-0.39, 0.29) is 12.1 Å². The highest BCUT2D eigenvalue weighted by molar-refractivity contribution is 9.10. The molecule has 4 aromatic rings. The number of anilines is 1. The third-order valence-electron chi connectivity index (χ3n) is 6.50. The maximum Gasteiger partial charge on any atom is 0.174 e. The molecule has 1 N–H and O–H groups in total. The highest BCUT2D eigenvalue weighted by Crippen LogP contribution is 2.44. The molecule has 34 heavy (non-hydrogen) atoms. The molecule has 0 radical (unpaired) electrons. The Kier molecular flexibility index (Phi) is 6.00. The minimum absolute atomic E-state index is 0.0630. The standard InChI is InChI=1S/C27H26BrN5S/c1-16-8-7-13-30-26(16)32-18(3)15-21(19(32)4)25-24(23-9-5-6-12-29-23)31-27(34)33(25)20-10-11-22(28)17(2)14-20/h5-15,24-25H,1-4H3,(H,31,34). The van der Waals surface area contributed by atoms with E-state index < -0.39 is 0 Å². The molecule has 2 unspecified atom stereocenters. The average molecular weight is 533 g/mol. The summed E-state index contributed by atoms with van der Waals surface area (Å²) in [6, 6.07) is 18.6. The van der Waals surface area contributed by atoms with Gasteiger partial charge in [0.1, 0.15) is 5.82 Å². The first-order valence-electron chi connectivity index (χ1n) is 11.2. The van der Waals surface area contributed by atoms with Gasteiger partial charge < -0.3 is 14.8 Å². The predicted octanol–water partition coefficient (Wildman–Crippen LogP) is 6.44. The molecule has 0 spiro atoms. The summed E-state index contributed by atoms with van der Waals surface area (Å²) in [5.74, 6) is 0.956. The predicted molar refractivity (Wildman–Crippen MR) is 145 cm³/mol. The minimum Gasteiger partial charge on any atom is -0.351 e. The summed E-state index contributed by atoms with van der Waals surface area (Å²) in [4.78, 5) is 11.6. The van der Waals surface area contributed by atoms with E-state index in [0.717, 1.165) is 44.2 Å². The number of aromatic nitrogens is 3. The van der Waals surface area contributed by atoms with Crippen LogP contribution in [0.4, 0.5) is 5.69 Å². The highest BCUT2D eigenvalue weighted by Gasteiger charge is 2.42. The number of hydrogen-bond acceptors (Lipinski definition) is 3. The van der Waals surface area contributed by atoms with Crippen LogP contribution < -0.4 is 10.2 Å². The Labute approximate surface area is 214 Å². The molecular formula is C27H26BrN5S. The van der Waals surface area contributed by atoms with Gasteiger partial charge in [0, 0.05) is 33.9 Å². The molecule has 5 rings (SSSR count). The van der Waals surface area contributed by atoms with Gasteiger partial charge in [0.2, 0.25) is 0 Å². The molecule has 1 fully saturated rings. The van der Waals surface area contributed by atoms with Crippen LogP contribution in [0.1, 0.15) is 45.9 Å². The number of thiocarbonyl (C=S) groups is 1. The lowest BCUT2D eigenvalue weighted by atomic mass is 9.96. The lowest BCUT2D eigenvalue weighted by molar-refractivity contribution is 0.565. The van der Waals surface area contributed by atoms with Crippen LogP contribution in [0, 0.1) is 27.7 Å². The Morgan fingerprint density at radius 2 is 1.71 bits per heavy atom. The van der Waals surface area contributed by atoms with E-state index in [1.54, 1.807) is 0 Å². The van der Waals surface area contributed by atoms with Crippen molar-refractivity contribution in [2.75, 3.05) is 4.90 Å². The Balaban J connectivity index is 1.70. The monoisotopic (exact) mass is 531 g/mol. The van der Waals surface area contributed by atoms with E-state index in [4.69, 9.17) is 17.2 Å². The molecule has 1 aliphatic rings. The van der Waals surface area contributed by atoms with Crippen molar-refractivity contribution in [1.29, 1.82) is 0 Å². The number of rotatable bonds is 4. The van der Waals surface area contributed by atoms with Crippen molar-refractivity contribution in [2.45, 2.75) is 39.8 Å². The zero-order valence-corrected chi connectivity index (χ0v) is 22.0. The molecule has 1 aliphatic heterocycles. The first kappa shape index (κ1) is 22.7. The van der Waals surface area contributed by atoms with E-state index in [1.165, 1.54) is 5.56 Å². The molecule has 0 bridgehead atoms. The molecule has 0 amide bonds. The van der Waals surface area contributed by atoms with Gasteiger partial charge in [-0.3, -0.25) is 4.98 Å². The third-order valence-corrected chi connectivity index (χ3v) is 7.70. The Morgan fingerprint density at radius 3 is 2.41 bits per heavy atom. The summed E-state index contributed by atoms with van der Waals surface area (Å²) >= 11 is 9.54. The molecule has 1 saturated heterocycles. The molecule has 4 heterocycles. The van der Waals surface area contributed by atoms with Crippen molar-refractivity contribution < 1.29 is 0 Å². The number of benzene rings is 1. The molecule has 5 nitrogen and oxygen atoms in total. The minimum atomic E-state index is -0.0866. The second kappa shape index (κ2) is 8.96. The van der Waals surface area contributed by atoms with E-state index >= 15 is 0 Å². The van der Waals surface area contributed by atoms with Crippen LogP contribution in [-0.2, 0) is 0 Å². The summed E-state index contributed by atoms with van der Waals surface area (Å²) in [5, 5.41) is 4.26. The van der Waals surface area contributed by atoms with Crippen molar-refractivity contribution in [2.24, 2.45) is 0 Å². The maximum atomic E-state index is 5.91. The summed E-state index contributed by atoms with van der Waals surface area (Å²) in [6.45, 7) is 8.50. The summed E-state index contributed by atoms with van der Waals surface area (Å²) in [7, 11) is 0. The first-order chi connectivity index (χ1) is 16.4. The van der Waals surface area contributed by atoms with Crippen molar-refractivity contribution in [3.05, 3.63) is 105 Å². The molecule has 0 aliphatic carbocycles. The van der Waals surface area contributed by atoms with Gasteiger partial charge in [-0.2, -0.15) is 0 Å². The number of nitrogens with one attached hydrogen (secondary N) is 1. The van der Waals surface area contributed by atoms with Crippen molar-refractivity contribution in [3.63, 3.8) is 0 Å². The van der Waals surface area contributed by atoms with E-state index in [0.29, 0.717) is 5.11 Å². The fourth-order valence-electron chi connectivity index (χ4n) is 4.85. The second-order valence-electron chi connectivity index (χ2n) is 8.74. The van der Waals surface area contributed by atoms with Crippen molar-refractivity contribution in [1.82, 2.24) is 19.9 Å². The van der Waals surface area contributed by atoms with E-state index in [9.17, 15) is 0 Å². The van der Waals surface area contributed by atoms with E-state index in [2.05, 4.69) is 99.8 Å². The number of halogens is 1. The Hall–Kier alpha value is -3.03. The van der Waals surface area contributed by atoms with Gasteiger partial charge >= 0.3 is 0 Å².